The first-order valence-electron chi connectivity index (χ1n) is 7.54. The largest absolute Gasteiger partial charge is 0.322 e. The Kier molecular flexibility index (Phi) is 5.39. The second kappa shape index (κ2) is 8.08. The van der Waals surface area contributed by atoms with Crippen LogP contribution in [0.2, 0.25) is 0 Å². The molecule has 0 unspecified atom stereocenters. The SMILES string of the molecule is N#Cc1cccc(NC(=O)c2cccc(CSc3cnccn3)c2)c1. The van der Waals surface area contributed by atoms with Crippen molar-refractivity contribution in [2.75, 3.05) is 5.32 Å². The molecule has 0 saturated heterocycles. The van der Waals surface area contributed by atoms with E-state index in [1.54, 1.807) is 60.7 Å². The van der Waals surface area contributed by atoms with Crippen molar-refractivity contribution in [1.82, 2.24) is 9.97 Å². The molecule has 0 bridgehead atoms. The van der Waals surface area contributed by atoms with Gasteiger partial charge in [-0.25, -0.2) is 4.98 Å². The van der Waals surface area contributed by atoms with Crippen LogP contribution in [0.4, 0.5) is 5.69 Å². The molecule has 3 aromatic rings. The highest BCUT2D eigenvalue weighted by Crippen LogP contribution is 2.20. The summed E-state index contributed by atoms with van der Waals surface area (Å²) in [7, 11) is 0. The maximum absolute atomic E-state index is 12.4. The molecule has 1 aromatic heterocycles. The number of carbonyl (C=O) groups is 1. The van der Waals surface area contributed by atoms with Crippen molar-refractivity contribution in [3.63, 3.8) is 0 Å². The van der Waals surface area contributed by atoms with Gasteiger partial charge < -0.3 is 5.32 Å². The molecule has 0 aliphatic heterocycles. The van der Waals surface area contributed by atoms with E-state index in [1.807, 2.05) is 18.2 Å². The van der Waals surface area contributed by atoms with E-state index >= 15 is 0 Å². The van der Waals surface area contributed by atoms with E-state index in [0.29, 0.717) is 22.6 Å². The Morgan fingerprint density at radius 3 is 2.84 bits per heavy atom. The predicted molar refractivity (Wildman–Crippen MR) is 97.1 cm³/mol. The molecule has 6 heteroatoms. The minimum absolute atomic E-state index is 0.207. The Balaban J connectivity index is 1.68. The molecule has 0 aliphatic rings. The molecule has 1 amide bonds. The number of carbonyl (C=O) groups excluding carboxylic acids is 1. The van der Waals surface area contributed by atoms with Crippen LogP contribution in [0.25, 0.3) is 0 Å². The highest BCUT2D eigenvalue weighted by atomic mass is 32.2. The molecule has 3 rings (SSSR count). The van der Waals surface area contributed by atoms with Gasteiger partial charge in [0.2, 0.25) is 0 Å². The lowest BCUT2D eigenvalue weighted by atomic mass is 10.1. The smallest absolute Gasteiger partial charge is 0.255 e. The lowest BCUT2D eigenvalue weighted by Gasteiger charge is -2.07. The third kappa shape index (κ3) is 4.66. The Hall–Kier alpha value is -3.17. The van der Waals surface area contributed by atoms with Crippen molar-refractivity contribution < 1.29 is 4.79 Å². The Bertz CT molecular complexity index is 922. The van der Waals surface area contributed by atoms with Gasteiger partial charge in [0.15, 0.2) is 0 Å². The molecule has 25 heavy (non-hydrogen) atoms. The average Bonchev–Trinajstić information content (AvgIpc) is 2.67. The van der Waals surface area contributed by atoms with Gasteiger partial charge in [0, 0.05) is 29.4 Å². The second-order valence-electron chi connectivity index (χ2n) is 5.18. The predicted octanol–water partition coefficient (Wildman–Crippen LogP) is 3.89. The van der Waals surface area contributed by atoms with Crippen LogP contribution in [0.15, 0.2) is 72.1 Å². The monoisotopic (exact) mass is 346 g/mol. The fourth-order valence-electron chi connectivity index (χ4n) is 2.19. The van der Waals surface area contributed by atoms with Gasteiger partial charge in [-0.2, -0.15) is 5.26 Å². The van der Waals surface area contributed by atoms with Crippen LogP contribution in [0.5, 0.6) is 0 Å². The Morgan fingerprint density at radius 1 is 1.16 bits per heavy atom. The number of hydrogen-bond donors (Lipinski definition) is 1. The van der Waals surface area contributed by atoms with Gasteiger partial charge in [-0.15, -0.1) is 11.8 Å². The zero-order valence-corrected chi connectivity index (χ0v) is 14.0. The van der Waals surface area contributed by atoms with Crippen molar-refractivity contribution in [1.29, 1.82) is 5.26 Å². The first kappa shape index (κ1) is 16.7. The summed E-state index contributed by atoms with van der Waals surface area (Å²) < 4.78 is 0. The molecule has 0 radical (unpaired) electrons. The molecular formula is C19H14N4OS. The number of nitrogens with one attached hydrogen (secondary N) is 1. The van der Waals surface area contributed by atoms with Gasteiger partial charge in [-0.1, -0.05) is 18.2 Å². The van der Waals surface area contributed by atoms with Gasteiger partial charge in [0.25, 0.3) is 5.91 Å². The molecular weight excluding hydrogens is 332 g/mol. The van der Waals surface area contributed by atoms with Crippen LogP contribution < -0.4 is 5.32 Å². The highest BCUT2D eigenvalue weighted by Gasteiger charge is 2.08. The maximum atomic E-state index is 12.4. The van der Waals surface area contributed by atoms with Crippen molar-refractivity contribution in [2.24, 2.45) is 0 Å². The normalized spacial score (nSPS) is 10.0. The van der Waals surface area contributed by atoms with Gasteiger partial charge in [-0.3, -0.25) is 9.78 Å². The molecule has 1 heterocycles. The fourth-order valence-corrected chi connectivity index (χ4v) is 2.95. The lowest BCUT2D eigenvalue weighted by molar-refractivity contribution is 0.102. The van der Waals surface area contributed by atoms with Crippen LogP contribution in [0.1, 0.15) is 21.5 Å². The molecule has 2 aromatic carbocycles. The number of aromatic nitrogens is 2. The van der Waals surface area contributed by atoms with Gasteiger partial charge >= 0.3 is 0 Å². The van der Waals surface area contributed by atoms with Crippen molar-refractivity contribution in [3.05, 3.63) is 83.8 Å². The van der Waals surface area contributed by atoms with Crippen molar-refractivity contribution in [2.45, 2.75) is 10.8 Å². The first-order chi connectivity index (χ1) is 12.2. The number of anilines is 1. The summed E-state index contributed by atoms with van der Waals surface area (Å²) in [5.41, 5.74) is 2.70. The van der Waals surface area contributed by atoms with Crippen LogP contribution in [0, 0.1) is 11.3 Å². The summed E-state index contributed by atoms with van der Waals surface area (Å²) in [5.74, 6) is 0.491. The summed E-state index contributed by atoms with van der Waals surface area (Å²) in [6, 6.07) is 16.3. The Labute approximate surface area is 149 Å². The van der Waals surface area contributed by atoms with E-state index in [4.69, 9.17) is 5.26 Å². The number of hydrogen-bond acceptors (Lipinski definition) is 5. The molecule has 0 fully saturated rings. The summed E-state index contributed by atoms with van der Waals surface area (Å²) in [6.45, 7) is 0. The van der Waals surface area contributed by atoms with Crippen LogP contribution in [-0.4, -0.2) is 15.9 Å². The summed E-state index contributed by atoms with van der Waals surface area (Å²) in [6.07, 6.45) is 5.00. The third-order valence-corrected chi connectivity index (χ3v) is 4.35. The average molecular weight is 346 g/mol. The molecule has 0 aliphatic carbocycles. The number of rotatable bonds is 5. The molecule has 0 saturated carbocycles. The van der Waals surface area contributed by atoms with E-state index in [1.165, 1.54) is 0 Å². The number of nitrogens with zero attached hydrogens (tertiary/aromatic N) is 3. The number of benzene rings is 2. The van der Waals surface area contributed by atoms with E-state index in [9.17, 15) is 4.79 Å². The van der Waals surface area contributed by atoms with E-state index in [2.05, 4.69) is 21.4 Å². The van der Waals surface area contributed by atoms with Crippen LogP contribution in [0.3, 0.4) is 0 Å². The molecule has 0 atom stereocenters. The number of thioether (sulfide) groups is 1. The minimum atomic E-state index is -0.207. The topological polar surface area (TPSA) is 78.7 Å². The van der Waals surface area contributed by atoms with Crippen molar-refractivity contribution in [3.8, 4) is 6.07 Å². The van der Waals surface area contributed by atoms with E-state index in [0.717, 1.165) is 10.6 Å². The third-order valence-electron chi connectivity index (χ3n) is 3.36. The first-order valence-corrected chi connectivity index (χ1v) is 8.52. The van der Waals surface area contributed by atoms with Crippen LogP contribution >= 0.6 is 11.8 Å². The molecule has 1 N–H and O–H groups in total. The molecule has 5 nitrogen and oxygen atoms in total. The second-order valence-corrected chi connectivity index (χ2v) is 6.18. The van der Waals surface area contributed by atoms with Gasteiger partial charge in [0.1, 0.15) is 5.03 Å². The van der Waals surface area contributed by atoms with Gasteiger partial charge in [0.05, 0.1) is 17.8 Å². The summed E-state index contributed by atoms with van der Waals surface area (Å²) in [4.78, 5) is 20.7. The van der Waals surface area contributed by atoms with Gasteiger partial charge in [-0.05, 0) is 35.9 Å². The van der Waals surface area contributed by atoms with E-state index in [-0.39, 0.29) is 5.91 Å². The zero-order chi connectivity index (χ0) is 17.5. The minimum Gasteiger partial charge on any atom is -0.322 e. The van der Waals surface area contributed by atoms with Crippen LogP contribution in [-0.2, 0) is 5.75 Å². The van der Waals surface area contributed by atoms with Crippen molar-refractivity contribution >= 4 is 23.4 Å². The Morgan fingerprint density at radius 2 is 2.04 bits per heavy atom. The van der Waals surface area contributed by atoms with E-state index < -0.39 is 0 Å². The fraction of sp³-hybridized carbons (Fsp3) is 0.0526. The summed E-state index contributed by atoms with van der Waals surface area (Å²) >= 11 is 1.56. The quantitative estimate of drug-likeness (QED) is 0.709. The molecule has 0 spiro atoms. The maximum Gasteiger partial charge on any atom is 0.255 e. The number of amides is 1. The lowest BCUT2D eigenvalue weighted by Crippen LogP contribution is -2.12. The summed E-state index contributed by atoms with van der Waals surface area (Å²) in [5, 5.41) is 12.6. The zero-order valence-electron chi connectivity index (χ0n) is 13.2. The highest BCUT2D eigenvalue weighted by molar-refractivity contribution is 7.98. The standard InChI is InChI=1S/C19H14N4OS/c20-11-14-3-2-6-17(10-14)23-19(24)16-5-1-4-15(9-16)13-25-18-12-21-7-8-22-18/h1-10,12H,13H2,(H,23,24). The number of nitriles is 1. The molecule has 122 valence electrons.